The second-order valence-electron chi connectivity index (χ2n) is 26.9. The van der Waals surface area contributed by atoms with E-state index >= 15 is 0 Å². The van der Waals surface area contributed by atoms with Crippen molar-refractivity contribution in [2.75, 3.05) is 93.6 Å². The van der Waals surface area contributed by atoms with Crippen molar-refractivity contribution in [2.45, 2.75) is 38.5 Å². The van der Waals surface area contributed by atoms with Gasteiger partial charge in [0.1, 0.15) is 82.2 Å². The summed E-state index contributed by atoms with van der Waals surface area (Å²) in [7, 11) is 1.87. The van der Waals surface area contributed by atoms with Crippen molar-refractivity contribution in [2.24, 2.45) is 7.05 Å². The first kappa shape index (κ1) is 70.3. The predicted octanol–water partition coefficient (Wildman–Crippen LogP) is 11.7. The molecule has 3 fully saturated rings. The molecule has 15 aromatic rings. The molecule has 0 spiro atoms. The molecule has 14 heterocycles. The molecule has 0 radical (unpaired) electrons. The number of fused-ring (bicyclic) bond motifs is 3. The number of ketones is 3. The summed E-state index contributed by atoms with van der Waals surface area (Å²) in [6.45, 7) is 9.12. The van der Waals surface area contributed by atoms with Crippen LogP contribution in [0.25, 0.3) is 101 Å². The summed E-state index contributed by atoms with van der Waals surface area (Å²) in [5.41, 5.74) is 18.2. The number of H-pyrrole nitrogens is 4. The van der Waals surface area contributed by atoms with Crippen LogP contribution in [0.2, 0.25) is 0 Å². The number of aryl methyl sites for hydroxylation is 1. The van der Waals surface area contributed by atoms with E-state index in [2.05, 4.69) is 108 Å². The van der Waals surface area contributed by atoms with E-state index in [1.807, 2.05) is 153 Å². The van der Waals surface area contributed by atoms with E-state index in [4.69, 9.17) is 18.7 Å². The Kier molecular flexibility index (Phi) is 21.1. The molecule has 0 bridgehead atoms. The first-order valence-corrected chi connectivity index (χ1v) is 36.3. The normalized spacial score (nSPS) is 13.8. The fourth-order valence-corrected chi connectivity index (χ4v) is 13.8. The third-order valence-corrected chi connectivity index (χ3v) is 19.4. The number of pyridine rings is 2. The van der Waals surface area contributed by atoms with Crippen LogP contribution < -0.4 is 14.7 Å². The monoisotopic (exact) mass is 1450 g/mol. The van der Waals surface area contributed by atoms with Crippen LogP contribution in [-0.2, 0) is 74.2 Å². The highest BCUT2D eigenvalue weighted by molar-refractivity contribution is 5.95. The molecule has 4 aromatic carbocycles. The molecule has 3 saturated heterocycles. The molecule has 546 valence electrons. The number of aromatic amines is 4. The van der Waals surface area contributed by atoms with Gasteiger partial charge in [-0.1, -0.05) is 108 Å². The van der Waals surface area contributed by atoms with Crippen LogP contribution in [0.1, 0.15) is 33.8 Å². The number of nitrogens with one attached hydrogen (secondary N) is 4. The van der Waals surface area contributed by atoms with Gasteiger partial charge in [0.15, 0.2) is 0 Å². The van der Waals surface area contributed by atoms with Gasteiger partial charge in [0, 0.05) is 154 Å². The fraction of sp³-hybridized carbons (Fsp3) is 0.229. The number of carbonyl (C=O) groups excluding carboxylic acids is 3. The Labute approximate surface area is 626 Å². The number of ether oxygens (including phenoxy) is 3. The summed E-state index contributed by atoms with van der Waals surface area (Å²) in [6, 6.07) is 53.6. The van der Waals surface area contributed by atoms with Crippen LogP contribution in [0.15, 0.2) is 212 Å². The van der Waals surface area contributed by atoms with E-state index in [1.165, 1.54) is 0 Å². The largest absolute Gasteiger partial charge is 0.378 e. The van der Waals surface area contributed by atoms with Gasteiger partial charge in [-0.2, -0.15) is 10.2 Å². The van der Waals surface area contributed by atoms with E-state index in [0.29, 0.717) is 77.5 Å². The molecule has 18 rings (SSSR count). The first-order valence-electron chi connectivity index (χ1n) is 36.3. The van der Waals surface area contributed by atoms with Gasteiger partial charge in [-0.05, 0) is 88.0 Å². The van der Waals surface area contributed by atoms with E-state index < -0.39 is 0 Å². The quantitative estimate of drug-likeness (QED) is 0.0519. The maximum absolute atomic E-state index is 12.9. The number of morpholine rings is 3. The van der Waals surface area contributed by atoms with Crippen LogP contribution >= 0.6 is 0 Å². The minimum absolute atomic E-state index is 0.0783. The lowest BCUT2D eigenvalue weighted by Gasteiger charge is -2.27. The molecular weight excluding hydrogens is 1380 g/mol. The van der Waals surface area contributed by atoms with Gasteiger partial charge in [0.2, 0.25) is 0 Å². The molecule has 0 saturated carbocycles. The van der Waals surface area contributed by atoms with Gasteiger partial charge in [0.25, 0.3) is 0 Å². The lowest BCUT2D eigenvalue weighted by atomic mass is 10.0. The lowest BCUT2D eigenvalue weighted by molar-refractivity contribution is -0.118. The number of anilines is 3. The number of carbonyl (C=O) groups is 3. The van der Waals surface area contributed by atoms with Gasteiger partial charge < -0.3 is 48.4 Å². The Morgan fingerprint density at radius 3 is 1.27 bits per heavy atom. The van der Waals surface area contributed by atoms with Crippen molar-refractivity contribution in [1.29, 1.82) is 0 Å². The zero-order valence-electron chi connectivity index (χ0n) is 59.9. The number of hydrogen-bond acceptors (Lipinski definition) is 21. The smallest absolute Gasteiger partial charge is 0.144 e. The van der Waals surface area contributed by atoms with Crippen molar-refractivity contribution in [3.8, 4) is 67.5 Å². The summed E-state index contributed by atoms with van der Waals surface area (Å²) in [5.74, 6) is 3.71. The molecule has 26 nitrogen and oxygen atoms in total. The summed E-state index contributed by atoms with van der Waals surface area (Å²) in [4.78, 5) is 90.3. The summed E-state index contributed by atoms with van der Waals surface area (Å²) in [6.07, 6.45) is 13.7. The zero-order valence-corrected chi connectivity index (χ0v) is 59.9. The number of Topliss-reactive ketones (excluding diaryl/α,β-unsaturated/α-hetero) is 3. The molecule has 0 aliphatic carbocycles. The van der Waals surface area contributed by atoms with Crippen molar-refractivity contribution in [3.05, 3.63) is 241 Å². The Hall–Kier alpha value is -13.0. The number of nitrogens with zero attached hydrogens (tertiary/aromatic N) is 15. The third-order valence-electron chi connectivity index (χ3n) is 19.4. The van der Waals surface area contributed by atoms with Crippen LogP contribution in [-0.4, -0.2) is 176 Å². The number of benzene rings is 4. The second kappa shape index (κ2) is 32.8. The topological polar surface area (TPSA) is 312 Å². The highest BCUT2D eigenvalue weighted by atomic mass is 16.5. The summed E-state index contributed by atoms with van der Waals surface area (Å²) in [5, 5.41) is 18.9. The van der Waals surface area contributed by atoms with E-state index in [0.717, 1.165) is 185 Å². The van der Waals surface area contributed by atoms with Crippen LogP contribution in [0.5, 0.6) is 0 Å². The van der Waals surface area contributed by atoms with Gasteiger partial charge in [0.05, 0.1) is 73.6 Å². The van der Waals surface area contributed by atoms with E-state index in [9.17, 15) is 14.4 Å². The second-order valence-corrected chi connectivity index (χ2v) is 26.9. The Morgan fingerprint density at radius 1 is 0.404 bits per heavy atom. The SMILES string of the molecule is Cn1nc(-c2cccnc2)cc1CC(=O)Cc1ccc(-c2cc3c(N4CCOCC4)ncnc3[nH]2)cc1.O=C(Cc1ccc(-c2cc3c(N4CCOCC4)ncnc3[nH]2)cc1)Cc1cc(-c2ccccc2)no1.O=C(Cc1ccc(-c2cc3c(N4CCOCC4)ncnc3[nH]2)cc1)Cc1cc(-c2cccnc2)n[nH]1. The highest BCUT2D eigenvalue weighted by Gasteiger charge is 2.23. The summed E-state index contributed by atoms with van der Waals surface area (Å²) < 4.78 is 23.6. The van der Waals surface area contributed by atoms with E-state index in [1.54, 1.807) is 48.5 Å². The highest BCUT2D eigenvalue weighted by Crippen LogP contribution is 2.34. The molecule has 26 heteroatoms. The lowest BCUT2D eigenvalue weighted by Crippen LogP contribution is -2.36. The molecule has 3 aliphatic heterocycles. The fourth-order valence-electron chi connectivity index (χ4n) is 13.8. The van der Waals surface area contributed by atoms with Crippen LogP contribution in [0.4, 0.5) is 17.5 Å². The molecular formula is C83H77N19O7. The number of hydrogen-bond donors (Lipinski definition) is 4. The maximum atomic E-state index is 12.9. The van der Waals surface area contributed by atoms with Gasteiger partial charge >= 0.3 is 0 Å². The summed E-state index contributed by atoms with van der Waals surface area (Å²) >= 11 is 0. The van der Waals surface area contributed by atoms with E-state index in [-0.39, 0.29) is 23.8 Å². The average Bonchev–Trinajstić information content (AvgIpc) is 1.67. The average molecular weight is 1450 g/mol. The van der Waals surface area contributed by atoms with Crippen molar-refractivity contribution in [1.82, 2.24) is 80.0 Å². The number of rotatable bonds is 21. The standard InChI is InChI=1S/C28H27N7O2.C28H25N5O3.C27H25N7O2/c1-34-22(15-26(33-34)21-3-2-8-29-17-21)14-23(36)13-19-4-6-20(7-5-19)25-16-24-27(32-25)30-18-31-28(24)35-9-11-37-12-10-35;34-22(15-23-16-26(32-36-23)20-4-2-1-3-5-20)14-19-6-8-21(9-7-19)25-17-24-27(31-25)29-18-30-28(24)33-10-12-35-13-11-33;35-22(13-21-14-25(33-32-21)20-2-1-7-28-16-20)12-18-3-5-19(6-4-18)24-15-23-26(31-24)29-17-30-27(23)34-8-10-36-11-9-34/h2-8,15-18H,9-14H2,1H3,(H,30,31,32);1-9,16-18H,10-15H2,(H,29,30,31);1-7,14-17H,8-13H2,(H,32,33)(H,29,30,31). The van der Waals surface area contributed by atoms with Gasteiger partial charge in [-0.15, -0.1) is 0 Å². The first-order chi connectivity index (χ1) is 53.6. The molecule has 4 N–H and O–H groups in total. The molecule has 0 amide bonds. The molecule has 11 aromatic heterocycles. The molecule has 0 atom stereocenters. The predicted molar refractivity (Wildman–Crippen MR) is 415 cm³/mol. The minimum atomic E-state index is 0.0783. The third kappa shape index (κ3) is 16.8. The zero-order chi connectivity index (χ0) is 73.8. The molecule has 109 heavy (non-hydrogen) atoms. The van der Waals surface area contributed by atoms with Crippen molar-refractivity contribution < 1.29 is 33.1 Å². The van der Waals surface area contributed by atoms with Crippen LogP contribution in [0.3, 0.4) is 0 Å². The Bertz CT molecular complexity index is 5380. The Balaban J connectivity index is 0.000000124. The van der Waals surface area contributed by atoms with Crippen molar-refractivity contribution in [3.63, 3.8) is 0 Å². The number of aromatic nitrogens is 16. The van der Waals surface area contributed by atoms with Crippen molar-refractivity contribution >= 4 is 67.9 Å². The van der Waals surface area contributed by atoms with Gasteiger partial charge in [-0.25, -0.2) is 29.9 Å². The van der Waals surface area contributed by atoms with Gasteiger partial charge in [-0.3, -0.25) is 34.1 Å². The van der Waals surface area contributed by atoms with Crippen LogP contribution in [0, 0.1) is 0 Å². The Morgan fingerprint density at radius 2 is 0.826 bits per heavy atom. The minimum Gasteiger partial charge on any atom is -0.378 e. The molecule has 3 aliphatic rings. The maximum Gasteiger partial charge on any atom is 0.144 e. The molecule has 0 unspecified atom stereocenters.